The van der Waals surface area contributed by atoms with E-state index in [1.807, 2.05) is 22.7 Å². The van der Waals surface area contributed by atoms with Gasteiger partial charge in [0.2, 0.25) is 0 Å². The highest BCUT2D eigenvalue weighted by Crippen LogP contribution is 2.58. The van der Waals surface area contributed by atoms with Crippen molar-refractivity contribution in [1.29, 1.82) is 0 Å². The summed E-state index contributed by atoms with van der Waals surface area (Å²) < 4.78 is 5.25. The fourth-order valence-electron chi connectivity index (χ4n) is 15.3. The number of hydrogen-bond acceptors (Lipinski definition) is 4. The molecule has 0 atom stereocenters. The van der Waals surface area contributed by atoms with Gasteiger partial charge in [-0.3, -0.25) is 0 Å². The van der Waals surface area contributed by atoms with Gasteiger partial charge in [-0.2, -0.15) is 0 Å². The monoisotopic (exact) mass is 1170 g/mol. The quantitative estimate of drug-likeness (QED) is 0.133. The average Bonchev–Trinajstić information content (AvgIpc) is 1.81. The zero-order valence-electron chi connectivity index (χ0n) is 47.9. The Morgan fingerprint density at radius 2 is 0.807 bits per heavy atom. The molecule has 2 nitrogen and oxygen atoms in total. The zero-order chi connectivity index (χ0) is 57.9. The van der Waals surface area contributed by atoms with E-state index in [0.29, 0.717) is 0 Å². The van der Waals surface area contributed by atoms with Crippen molar-refractivity contribution in [1.82, 2.24) is 0 Å². The van der Waals surface area contributed by atoms with Crippen LogP contribution in [0.1, 0.15) is 22.3 Å². The Kier molecular flexibility index (Phi) is 11.6. The van der Waals surface area contributed by atoms with Crippen molar-refractivity contribution in [3.8, 4) is 22.3 Å². The lowest BCUT2D eigenvalue weighted by Gasteiger charge is -2.45. The molecule has 0 bridgehead atoms. The molecule has 3 heterocycles. The molecule has 412 valence electrons. The second-order valence-electron chi connectivity index (χ2n) is 23.4. The van der Waals surface area contributed by atoms with E-state index < -0.39 is 13.5 Å². The Morgan fingerprint density at radius 1 is 0.307 bits per heavy atom. The van der Waals surface area contributed by atoms with Crippen LogP contribution in [0.5, 0.6) is 0 Å². The second-order valence-corrected chi connectivity index (χ2v) is 29.3. The normalized spacial score (nSPS) is 13.6. The van der Waals surface area contributed by atoms with Crippen LogP contribution in [0.15, 0.2) is 328 Å². The molecular formula is C83H54N2S2Si. The highest BCUT2D eigenvalue weighted by atomic mass is 32.1. The molecule has 0 saturated carbocycles. The Bertz CT molecular complexity index is 5260. The number of fused-ring (bicyclic) bond motifs is 12. The molecule has 14 aromatic carbocycles. The number of para-hydroxylation sites is 2. The van der Waals surface area contributed by atoms with E-state index >= 15 is 0 Å². The van der Waals surface area contributed by atoms with Crippen LogP contribution in [0.2, 0.25) is 0 Å². The van der Waals surface area contributed by atoms with E-state index in [1.54, 1.807) is 0 Å². The number of hydrogen-bond donors (Lipinski definition) is 0. The first-order chi connectivity index (χ1) is 43.6. The Hall–Kier alpha value is -10.4. The van der Waals surface area contributed by atoms with Gasteiger partial charge in [0.05, 0.1) is 5.41 Å². The highest BCUT2D eigenvalue weighted by Gasteiger charge is 2.50. The smallest absolute Gasteiger partial charge is 0.184 e. The molecule has 0 unspecified atom stereocenters. The molecule has 16 aromatic rings. The van der Waals surface area contributed by atoms with Gasteiger partial charge in [-0.1, -0.05) is 249 Å². The molecule has 0 spiro atoms. The van der Waals surface area contributed by atoms with Crippen molar-refractivity contribution in [2.75, 3.05) is 9.80 Å². The largest absolute Gasteiger partial charge is 0.311 e. The Labute approximate surface area is 520 Å². The van der Waals surface area contributed by atoms with Gasteiger partial charge in [-0.15, -0.1) is 22.7 Å². The van der Waals surface area contributed by atoms with Gasteiger partial charge >= 0.3 is 0 Å². The molecule has 0 amide bonds. The van der Waals surface area contributed by atoms with Crippen molar-refractivity contribution < 1.29 is 0 Å². The van der Waals surface area contributed by atoms with E-state index in [1.165, 1.54) is 128 Å². The third-order valence-corrected chi connectivity index (χ3v) is 26.1. The second kappa shape index (κ2) is 20.1. The van der Waals surface area contributed by atoms with Crippen molar-refractivity contribution in [3.05, 3.63) is 350 Å². The van der Waals surface area contributed by atoms with Crippen molar-refractivity contribution in [2.24, 2.45) is 0 Å². The van der Waals surface area contributed by atoms with Gasteiger partial charge in [0.25, 0.3) is 0 Å². The van der Waals surface area contributed by atoms with Crippen LogP contribution >= 0.6 is 22.7 Å². The molecular weight excluding hydrogens is 1120 g/mol. The first kappa shape index (κ1) is 50.9. The molecule has 5 heteroatoms. The van der Waals surface area contributed by atoms with E-state index in [9.17, 15) is 0 Å². The van der Waals surface area contributed by atoms with Crippen LogP contribution < -0.4 is 30.5 Å². The van der Waals surface area contributed by atoms with Gasteiger partial charge < -0.3 is 9.80 Å². The SMILES string of the molecule is c1ccc(N2c3ccccc3[Si](c3ccc4c(c3)sc3ccccc34)(c3ccc4c(c3)sc3ccccc34)c3ccc(N(c4ccc(-c5cccc6ccccc56)cc4)c4ccc5c(c4)C(c4ccccc4)(c4ccccc4)c4ccccc4-5)cc32)cc1. The van der Waals surface area contributed by atoms with E-state index in [-0.39, 0.29) is 0 Å². The van der Waals surface area contributed by atoms with Crippen molar-refractivity contribution >= 4 is 137 Å². The van der Waals surface area contributed by atoms with Gasteiger partial charge in [0.15, 0.2) is 8.07 Å². The number of rotatable bonds is 9. The summed E-state index contributed by atoms with van der Waals surface area (Å²) in [6, 6.07) is 124. The first-order valence-electron chi connectivity index (χ1n) is 30.3. The molecule has 1 aliphatic carbocycles. The molecule has 2 aromatic heterocycles. The highest BCUT2D eigenvalue weighted by molar-refractivity contribution is 7.27. The Morgan fingerprint density at radius 3 is 1.50 bits per heavy atom. The predicted molar refractivity (Wildman–Crippen MR) is 379 cm³/mol. The summed E-state index contributed by atoms with van der Waals surface area (Å²) in [6.45, 7) is 0. The summed E-state index contributed by atoms with van der Waals surface area (Å²) in [5.41, 5.74) is 16.1. The third-order valence-electron chi connectivity index (χ3n) is 19.0. The molecule has 88 heavy (non-hydrogen) atoms. The Balaban J connectivity index is 0.923. The lowest BCUT2D eigenvalue weighted by molar-refractivity contribution is 0.768. The number of thiophene rings is 2. The summed E-state index contributed by atoms with van der Waals surface area (Å²) >= 11 is 3.82. The van der Waals surface area contributed by atoms with Crippen LogP contribution in [0.3, 0.4) is 0 Å². The lowest BCUT2D eigenvalue weighted by atomic mass is 9.67. The zero-order valence-corrected chi connectivity index (χ0v) is 50.5. The molecule has 2 aliphatic rings. The van der Waals surface area contributed by atoms with Crippen LogP contribution in [0.25, 0.3) is 73.4 Å². The predicted octanol–water partition coefficient (Wildman–Crippen LogP) is 20.2. The number of anilines is 6. The van der Waals surface area contributed by atoms with Crippen LogP contribution in [-0.4, -0.2) is 8.07 Å². The van der Waals surface area contributed by atoms with Gasteiger partial charge in [-0.05, 0) is 155 Å². The minimum Gasteiger partial charge on any atom is -0.311 e. The molecule has 18 rings (SSSR count). The minimum atomic E-state index is -3.26. The summed E-state index contributed by atoms with van der Waals surface area (Å²) in [6.07, 6.45) is 0. The van der Waals surface area contributed by atoms with Crippen LogP contribution in [0, 0.1) is 0 Å². The minimum absolute atomic E-state index is 0.589. The molecule has 0 saturated heterocycles. The first-order valence-corrected chi connectivity index (χ1v) is 33.9. The van der Waals surface area contributed by atoms with Gasteiger partial charge in [0, 0.05) is 74.5 Å². The van der Waals surface area contributed by atoms with E-state index in [0.717, 1.165) is 22.7 Å². The average molecular weight is 1170 g/mol. The van der Waals surface area contributed by atoms with Gasteiger partial charge in [-0.25, -0.2) is 0 Å². The molecule has 0 fully saturated rings. The lowest BCUT2D eigenvalue weighted by Crippen LogP contribution is -2.77. The summed E-state index contributed by atoms with van der Waals surface area (Å²) in [7, 11) is -3.26. The molecule has 0 N–H and O–H groups in total. The number of benzene rings is 14. The maximum absolute atomic E-state index is 3.26. The maximum atomic E-state index is 2.58. The maximum Gasteiger partial charge on any atom is 0.184 e. The number of nitrogens with zero attached hydrogens (tertiary/aromatic N) is 2. The standard InChI is InChI=1S/C83H54N2S2Si/c1-4-23-57(24-5-1)83(58-25-6-2-7-26-58)73-34-15-12-30-67(73)68-47-43-61(51-74(68)83)84(60-41-39-56(40-42-60)66-33-20-22-55-21-10-11-29-65(55)66)62-44-50-82-76(52-62)85(59-27-8-3-9-28-59)75-35-16-19-38-81(75)88(82,63-45-48-71-69-31-13-17-36-77(69)86-79(71)53-63)64-46-49-72-70-32-14-18-37-78(70)87-80(72)54-64/h1-54H. The van der Waals surface area contributed by atoms with E-state index in [4.69, 9.17) is 0 Å². The summed E-state index contributed by atoms with van der Waals surface area (Å²) in [5, 5.41) is 13.2. The fourth-order valence-corrected chi connectivity index (χ4v) is 22.9. The topological polar surface area (TPSA) is 6.48 Å². The van der Waals surface area contributed by atoms with E-state index in [2.05, 4.69) is 337 Å². The van der Waals surface area contributed by atoms with Crippen molar-refractivity contribution in [3.63, 3.8) is 0 Å². The van der Waals surface area contributed by atoms with Crippen molar-refractivity contribution in [2.45, 2.75) is 5.41 Å². The fraction of sp³-hybridized carbons (Fsp3) is 0.0120. The van der Waals surface area contributed by atoms with Crippen LogP contribution in [-0.2, 0) is 5.41 Å². The molecule has 0 radical (unpaired) electrons. The van der Waals surface area contributed by atoms with Gasteiger partial charge in [0.1, 0.15) is 0 Å². The van der Waals surface area contributed by atoms with Crippen LogP contribution in [0.4, 0.5) is 34.1 Å². The summed E-state index contributed by atoms with van der Waals surface area (Å²) in [4.78, 5) is 5.09. The third kappa shape index (κ3) is 7.51. The summed E-state index contributed by atoms with van der Waals surface area (Å²) in [5.74, 6) is 0. The molecule has 1 aliphatic heterocycles.